The summed E-state index contributed by atoms with van der Waals surface area (Å²) in [6.07, 6.45) is 2.99. The molecule has 0 aliphatic carbocycles. The summed E-state index contributed by atoms with van der Waals surface area (Å²) in [5, 5.41) is 0. The topological polar surface area (TPSA) is 57.7 Å². The monoisotopic (exact) mass is 235 g/mol. The molecule has 1 aliphatic heterocycles. The summed E-state index contributed by atoms with van der Waals surface area (Å²) < 4.78 is 15.6. The highest BCUT2D eigenvalue weighted by molar-refractivity contribution is 5.87. The van der Waals surface area contributed by atoms with Crippen LogP contribution in [0.4, 0.5) is 0 Å². The fraction of sp³-hybridized carbons (Fsp3) is 0.333. The SMILES string of the molecule is CC1(C)OC=C(COC(=O)c2ccccn2)O1. The number of carbonyl (C=O) groups excluding carboxylic acids is 1. The van der Waals surface area contributed by atoms with E-state index in [0.29, 0.717) is 5.76 Å². The van der Waals surface area contributed by atoms with Crippen molar-refractivity contribution >= 4 is 5.97 Å². The van der Waals surface area contributed by atoms with Crippen molar-refractivity contribution in [1.82, 2.24) is 4.98 Å². The van der Waals surface area contributed by atoms with E-state index in [2.05, 4.69) is 4.98 Å². The zero-order valence-corrected chi connectivity index (χ0v) is 9.67. The lowest BCUT2D eigenvalue weighted by molar-refractivity contribution is -0.120. The molecule has 0 atom stereocenters. The normalized spacial score (nSPS) is 16.7. The van der Waals surface area contributed by atoms with Gasteiger partial charge in [0.15, 0.2) is 12.4 Å². The lowest BCUT2D eigenvalue weighted by atomic mass is 10.3. The Kier molecular flexibility index (Phi) is 2.99. The molecule has 0 amide bonds. The molecule has 2 rings (SSSR count). The van der Waals surface area contributed by atoms with Gasteiger partial charge in [0.1, 0.15) is 12.0 Å². The molecule has 17 heavy (non-hydrogen) atoms. The largest absolute Gasteiger partial charge is 0.457 e. The first-order chi connectivity index (χ1) is 8.07. The third kappa shape index (κ3) is 2.96. The van der Waals surface area contributed by atoms with Gasteiger partial charge in [0.25, 0.3) is 0 Å². The van der Waals surface area contributed by atoms with Crippen molar-refractivity contribution < 1.29 is 19.0 Å². The van der Waals surface area contributed by atoms with Crippen molar-refractivity contribution in [3.8, 4) is 0 Å². The number of rotatable bonds is 3. The van der Waals surface area contributed by atoms with Crippen LogP contribution in [0.25, 0.3) is 0 Å². The van der Waals surface area contributed by atoms with E-state index in [9.17, 15) is 4.79 Å². The quantitative estimate of drug-likeness (QED) is 0.748. The predicted octanol–water partition coefficient (Wildman–Crippen LogP) is 1.86. The van der Waals surface area contributed by atoms with E-state index in [0.717, 1.165) is 0 Å². The van der Waals surface area contributed by atoms with Crippen LogP contribution in [0.15, 0.2) is 36.4 Å². The van der Waals surface area contributed by atoms with Crippen LogP contribution in [-0.2, 0) is 14.2 Å². The summed E-state index contributed by atoms with van der Waals surface area (Å²) in [5.74, 6) is -0.689. The average Bonchev–Trinajstić information content (AvgIpc) is 2.67. The van der Waals surface area contributed by atoms with Gasteiger partial charge in [-0.3, -0.25) is 0 Å². The van der Waals surface area contributed by atoms with Crippen LogP contribution in [0.1, 0.15) is 24.3 Å². The van der Waals surface area contributed by atoms with Crippen LogP contribution in [-0.4, -0.2) is 23.3 Å². The van der Waals surface area contributed by atoms with E-state index in [-0.39, 0.29) is 12.3 Å². The second kappa shape index (κ2) is 4.45. The lowest BCUT2D eigenvalue weighted by Gasteiger charge is -2.17. The van der Waals surface area contributed by atoms with E-state index < -0.39 is 11.8 Å². The first-order valence-corrected chi connectivity index (χ1v) is 5.21. The van der Waals surface area contributed by atoms with Gasteiger partial charge in [0, 0.05) is 20.0 Å². The highest BCUT2D eigenvalue weighted by Gasteiger charge is 2.28. The molecule has 1 aliphatic rings. The number of pyridine rings is 1. The Labute approximate surface area is 99.0 Å². The van der Waals surface area contributed by atoms with Crippen molar-refractivity contribution in [3.63, 3.8) is 0 Å². The number of carbonyl (C=O) groups is 1. The molecule has 0 N–H and O–H groups in total. The van der Waals surface area contributed by atoms with E-state index in [1.54, 1.807) is 32.0 Å². The molecule has 5 nitrogen and oxygen atoms in total. The zero-order chi connectivity index (χ0) is 12.3. The minimum Gasteiger partial charge on any atom is -0.457 e. The molecule has 90 valence electrons. The Balaban J connectivity index is 1.86. The second-order valence-electron chi connectivity index (χ2n) is 4.00. The molecule has 0 fully saturated rings. The highest BCUT2D eigenvalue weighted by atomic mass is 16.7. The molecule has 0 spiro atoms. The first-order valence-electron chi connectivity index (χ1n) is 5.21. The number of hydrogen-bond acceptors (Lipinski definition) is 5. The molecule has 2 heterocycles. The fourth-order valence-electron chi connectivity index (χ4n) is 1.33. The number of esters is 1. The van der Waals surface area contributed by atoms with Crippen LogP contribution in [0.5, 0.6) is 0 Å². The van der Waals surface area contributed by atoms with Gasteiger partial charge in [0.05, 0.1) is 0 Å². The predicted molar refractivity (Wildman–Crippen MR) is 58.9 cm³/mol. The van der Waals surface area contributed by atoms with Crippen LogP contribution in [0.3, 0.4) is 0 Å². The number of nitrogens with zero attached hydrogens (tertiary/aromatic N) is 1. The van der Waals surface area contributed by atoms with Crippen molar-refractivity contribution in [2.24, 2.45) is 0 Å². The fourth-order valence-corrected chi connectivity index (χ4v) is 1.33. The maximum absolute atomic E-state index is 11.6. The average molecular weight is 235 g/mol. The van der Waals surface area contributed by atoms with Crippen LogP contribution in [0, 0.1) is 0 Å². The van der Waals surface area contributed by atoms with Gasteiger partial charge in [-0.05, 0) is 12.1 Å². The van der Waals surface area contributed by atoms with Crippen LogP contribution >= 0.6 is 0 Å². The molecule has 0 saturated heterocycles. The Bertz CT molecular complexity index is 439. The summed E-state index contributed by atoms with van der Waals surface area (Å²) in [5.41, 5.74) is 0.270. The lowest BCUT2D eigenvalue weighted by Crippen LogP contribution is -2.21. The van der Waals surface area contributed by atoms with Crippen molar-refractivity contribution in [2.45, 2.75) is 19.6 Å². The second-order valence-corrected chi connectivity index (χ2v) is 4.00. The van der Waals surface area contributed by atoms with Crippen molar-refractivity contribution in [2.75, 3.05) is 6.61 Å². The molecular weight excluding hydrogens is 222 g/mol. The molecule has 0 bridgehead atoms. The summed E-state index contributed by atoms with van der Waals surface area (Å²) >= 11 is 0. The maximum atomic E-state index is 11.6. The third-order valence-corrected chi connectivity index (χ3v) is 2.07. The summed E-state index contributed by atoms with van der Waals surface area (Å²) in [7, 11) is 0. The van der Waals surface area contributed by atoms with E-state index in [4.69, 9.17) is 14.2 Å². The van der Waals surface area contributed by atoms with Gasteiger partial charge in [-0.2, -0.15) is 0 Å². The Hall–Kier alpha value is -2.04. The molecule has 5 heteroatoms. The number of hydrogen-bond donors (Lipinski definition) is 0. The molecule has 1 aromatic rings. The highest BCUT2D eigenvalue weighted by Crippen LogP contribution is 2.24. The Morgan fingerprint density at radius 2 is 2.29 bits per heavy atom. The van der Waals surface area contributed by atoms with Gasteiger partial charge in [-0.25, -0.2) is 9.78 Å². The summed E-state index contributed by atoms with van der Waals surface area (Å²) in [6.45, 7) is 3.59. The molecule has 1 aromatic heterocycles. The summed E-state index contributed by atoms with van der Waals surface area (Å²) in [6, 6.07) is 5.05. The van der Waals surface area contributed by atoms with E-state index in [1.165, 1.54) is 12.5 Å². The molecule has 0 saturated carbocycles. The smallest absolute Gasteiger partial charge is 0.357 e. The molecule has 0 radical (unpaired) electrons. The van der Waals surface area contributed by atoms with Crippen molar-refractivity contribution in [3.05, 3.63) is 42.1 Å². The van der Waals surface area contributed by atoms with E-state index >= 15 is 0 Å². The van der Waals surface area contributed by atoms with Gasteiger partial charge in [-0.1, -0.05) is 6.07 Å². The van der Waals surface area contributed by atoms with E-state index in [1.807, 2.05) is 0 Å². The van der Waals surface area contributed by atoms with Crippen LogP contribution in [0.2, 0.25) is 0 Å². The van der Waals surface area contributed by atoms with Gasteiger partial charge >= 0.3 is 5.97 Å². The van der Waals surface area contributed by atoms with Crippen molar-refractivity contribution in [1.29, 1.82) is 0 Å². The first kappa shape index (κ1) is 11.4. The Morgan fingerprint density at radius 1 is 1.47 bits per heavy atom. The Morgan fingerprint density at radius 3 is 2.88 bits per heavy atom. The third-order valence-electron chi connectivity index (χ3n) is 2.07. The number of aromatic nitrogens is 1. The van der Waals surface area contributed by atoms with Gasteiger partial charge < -0.3 is 14.2 Å². The van der Waals surface area contributed by atoms with Crippen LogP contribution < -0.4 is 0 Å². The summed E-state index contributed by atoms with van der Waals surface area (Å²) in [4.78, 5) is 15.4. The van der Waals surface area contributed by atoms with Gasteiger partial charge in [0.2, 0.25) is 5.79 Å². The minimum absolute atomic E-state index is 0.0405. The molecule has 0 unspecified atom stereocenters. The molecule has 0 aromatic carbocycles. The maximum Gasteiger partial charge on any atom is 0.357 e. The van der Waals surface area contributed by atoms with Gasteiger partial charge in [-0.15, -0.1) is 0 Å². The minimum atomic E-state index is -0.688. The number of ether oxygens (including phenoxy) is 3. The standard InChI is InChI=1S/C12H13NO4/c1-12(2)16-8-9(17-12)7-15-11(14)10-5-3-4-6-13-10/h3-6,8H,7H2,1-2H3. The molecular formula is C12H13NO4. The zero-order valence-electron chi connectivity index (χ0n) is 9.67.